The average molecular weight is 286 g/mol. The molecule has 0 spiro atoms. The van der Waals surface area contributed by atoms with Crippen LogP contribution < -0.4 is 0 Å². The van der Waals surface area contributed by atoms with Crippen molar-refractivity contribution in [2.24, 2.45) is 0 Å². The van der Waals surface area contributed by atoms with Crippen LogP contribution >= 0.6 is 0 Å². The quantitative estimate of drug-likeness (QED) is 0.296. The molecule has 0 aromatic carbocycles. The molecule has 0 N–H and O–H groups in total. The first-order valence-electron chi connectivity index (χ1n) is 7.00. The van der Waals surface area contributed by atoms with Crippen LogP contribution in [-0.4, -0.2) is 47.7 Å². The summed E-state index contributed by atoms with van der Waals surface area (Å²) in [7, 11) is -2.35. The van der Waals surface area contributed by atoms with Crippen molar-refractivity contribution in [3.05, 3.63) is 24.6 Å². The number of hydrogen-bond donors (Lipinski definition) is 0. The summed E-state index contributed by atoms with van der Waals surface area (Å²) >= 11 is 0. The van der Waals surface area contributed by atoms with E-state index in [0.717, 1.165) is 39.1 Å². The van der Waals surface area contributed by atoms with E-state index in [2.05, 4.69) is 13.2 Å². The summed E-state index contributed by atoms with van der Waals surface area (Å²) in [6, 6.07) is 0. The summed E-state index contributed by atoms with van der Waals surface area (Å²) in [6.07, 6.45) is 3.52. The molecular formula is C14H26O4Si. The van der Waals surface area contributed by atoms with Crippen LogP contribution in [0.5, 0.6) is 0 Å². The van der Waals surface area contributed by atoms with E-state index in [1.807, 2.05) is 6.92 Å². The first-order valence-corrected chi connectivity index (χ1v) is 8.98. The van der Waals surface area contributed by atoms with Crippen LogP contribution in [0.4, 0.5) is 0 Å². The van der Waals surface area contributed by atoms with Gasteiger partial charge in [0.2, 0.25) is 0 Å². The molecule has 1 aliphatic rings. The molecule has 0 aliphatic carbocycles. The van der Waals surface area contributed by atoms with Crippen LogP contribution in [0.15, 0.2) is 24.6 Å². The molecule has 1 unspecified atom stereocenters. The highest BCUT2D eigenvalue weighted by molar-refractivity contribution is 6.77. The fourth-order valence-corrected chi connectivity index (χ4v) is 3.32. The van der Waals surface area contributed by atoms with Gasteiger partial charge in [-0.3, -0.25) is 0 Å². The van der Waals surface area contributed by atoms with Crippen LogP contribution in [0.2, 0.25) is 0 Å². The summed E-state index contributed by atoms with van der Waals surface area (Å²) in [5, 5.41) is 0. The molecule has 1 saturated heterocycles. The molecule has 5 heteroatoms. The summed E-state index contributed by atoms with van der Waals surface area (Å²) < 4.78 is 22.0. The first kappa shape index (κ1) is 16.6. The van der Waals surface area contributed by atoms with E-state index in [1.165, 1.54) is 0 Å². The zero-order valence-electron chi connectivity index (χ0n) is 11.9. The third-order valence-electron chi connectivity index (χ3n) is 2.91. The van der Waals surface area contributed by atoms with Crippen LogP contribution in [-0.2, 0) is 18.3 Å². The van der Waals surface area contributed by atoms with Gasteiger partial charge >= 0.3 is 8.56 Å². The average Bonchev–Trinajstić information content (AvgIpc) is 3.24. The van der Waals surface area contributed by atoms with Crippen molar-refractivity contribution in [1.29, 1.82) is 0 Å². The van der Waals surface area contributed by atoms with Gasteiger partial charge in [0.05, 0.1) is 13.2 Å². The maximum Gasteiger partial charge on any atom is 0.390 e. The second-order valence-electron chi connectivity index (χ2n) is 4.50. The van der Waals surface area contributed by atoms with Crippen molar-refractivity contribution >= 4 is 8.56 Å². The van der Waals surface area contributed by atoms with E-state index in [4.69, 9.17) is 18.3 Å². The minimum atomic E-state index is -2.35. The Bertz CT molecular complexity index is 258. The third kappa shape index (κ3) is 7.03. The van der Waals surface area contributed by atoms with Gasteiger partial charge in [0.1, 0.15) is 6.10 Å². The van der Waals surface area contributed by atoms with Gasteiger partial charge in [-0.2, -0.15) is 0 Å². The van der Waals surface area contributed by atoms with Crippen molar-refractivity contribution in [2.45, 2.75) is 32.3 Å². The minimum Gasteiger partial charge on any atom is -0.389 e. The summed E-state index contributed by atoms with van der Waals surface area (Å²) in [5.74, 6) is 0. The fraction of sp³-hybridized carbons (Fsp3) is 0.714. The molecule has 1 fully saturated rings. The lowest BCUT2D eigenvalue weighted by molar-refractivity contribution is 0.111. The molecule has 0 saturated carbocycles. The highest BCUT2D eigenvalue weighted by atomic mass is 28.4. The van der Waals surface area contributed by atoms with Gasteiger partial charge in [-0.05, 0) is 37.6 Å². The predicted molar refractivity (Wildman–Crippen MR) is 78.1 cm³/mol. The number of ether oxygens (including phenoxy) is 2. The van der Waals surface area contributed by atoms with Gasteiger partial charge < -0.3 is 18.3 Å². The lowest BCUT2D eigenvalue weighted by Gasteiger charge is -2.23. The Labute approximate surface area is 117 Å². The van der Waals surface area contributed by atoms with E-state index < -0.39 is 8.56 Å². The van der Waals surface area contributed by atoms with E-state index >= 15 is 0 Å². The maximum absolute atomic E-state index is 5.84. The molecule has 19 heavy (non-hydrogen) atoms. The Morgan fingerprint density at radius 1 is 1.16 bits per heavy atom. The second kappa shape index (κ2) is 9.44. The largest absolute Gasteiger partial charge is 0.390 e. The molecule has 0 radical (unpaired) electrons. The summed E-state index contributed by atoms with van der Waals surface area (Å²) in [6.45, 7) is 13.3. The van der Waals surface area contributed by atoms with Gasteiger partial charge in [-0.15, -0.1) is 13.2 Å². The highest BCUT2D eigenvalue weighted by Gasteiger charge is 2.29. The van der Waals surface area contributed by atoms with Crippen molar-refractivity contribution in [3.63, 3.8) is 0 Å². The van der Waals surface area contributed by atoms with Crippen molar-refractivity contribution in [1.82, 2.24) is 0 Å². The fourth-order valence-electron chi connectivity index (χ4n) is 1.68. The van der Waals surface area contributed by atoms with Crippen LogP contribution in [0, 0.1) is 0 Å². The summed E-state index contributed by atoms with van der Waals surface area (Å²) in [5.41, 5.74) is 3.56. The van der Waals surface area contributed by atoms with Gasteiger partial charge in [0.15, 0.2) is 0 Å². The molecule has 0 aromatic heterocycles. The molecule has 0 aromatic rings. The number of hydrogen-bond acceptors (Lipinski definition) is 4. The standard InChI is InChI=1S/C14H26O4Si/c1-4-17-19(5-2,6-3)18-11-9-7-8-10-15-12-14-13-16-14/h5-6,14H,2-4,7-13H2,1H3. The smallest absolute Gasteiger partial charge is 0.389 e. The van der Waals surface area contributed by atoms with Gasteiger partial charge in [0.25, 0.3) is 0 Å². The molecule has 4 nitrogen and oxygen atoms in total. The Hall–Kier alpha value is -0.463. The van der Waals surface area contributed by atoms with Crippen LogP contribution in [0.25, 0.3) is 0 Å². The van der Waals surface area contributed by atoms with Crippen LogP contribution in [0.1, 0.15) is 26.2 Å². The molecule has 110 valence electrons. The Balaban J connectivity index is 1.97. The molecule has 0 bridgehead atoms. The van der Waals surface area contributed by atoms with Gasteiger partial charge in [-0.1, -0.05) is 0 Å². The minimum absolute atomic E-state index is 0.362. The third-order valence-corrected chi connectivity index (χ3v) is 5.44. The Kier molecular flexibility index (Phi) is 8.24. The molecule has 1 aliphatic heterocycles. The van der Waals surface area contributed by atoms with Gasteiger partial charge in [-0.25, -0.2) is 0 Å². The topological polar surface area (TPSA) is 40.2 Å². The van der Waals surface area contributed by atoms with E-state index in [1.54, 1.807) is 11.4 Å². The van der Waals surface area contributed by atoms with Crippen molar-refractivity contribution < 1.29 is 18.3 Å². The van der Waals surface area contributed by atoms with Crippen LogP contribution in [0.3, 0.4) is 0 Å². The van der Waals surface area contributed by atoms with E-state index in [-0.39, 0.29) is 0 Å². The molecule has 1 atom stereocenters. The van der Waals surface area contributed by atoms with Gasteiger partial charge in [0, 0.05) is 19.8 Å². The number of unbranched alkanes of at least 4 members (excludes halogenated alkanes) is 2. The Morgan fingerprint density at radius 2 is 1.84 bits per heavy atom. The van der Waals surface area contributed by atoms with E-state index in [9.17, 15) is 0 Å². The second-order valence-corrected chi connectivity index (χ2v) is 7.34. The Morgan fingerprint density at radius 3 is 2.42 bits per heavy atom. The highest BCUT2D eigenvalue weighted by Crippen LogP contribution is 2.12. The SMILES string of the molecule is C=C[Si](C=C)(OCC)OCCCCCOCC1CO1. The number of epoxide rings is 1. The number of rotatable bonds is 13. The zero-order chi connectivity index (χ0) is 14.0. The normalized spacial score (nSPS) is 18.3. The molecule has 0 amide bonds. The zero-order valence-corrected chi connectivity index (χ0v) is 12.9. The predicted octanol–water partition coefficient (Wildman–Crippen LogP) is 2.52. The van der Waals surface area contributed by atoms with Crippen molar-refractivity contribution in [3.8, 4) is 0 Å². The van der Waals surface area contributed by atoms with E-state index in [0.29, 0.717) is 19.3 Å². The molecule has 1 heterocycles. The monoisotopic (exact) mass is 286 g/mol. The lowest BCUT2D eigenvalue weighted by Crippen LogP contribution is -2.38. The molecule has 1 rings (SSSR count). The lowest BCUT2D eigenvalue weighted by atomic mass is 10.2. The van der Waals surface area contributed by atoms with Crippen molar-refractivity contribution in [2.75, 3.05) is 33.0 Å². The maximum atomic E-state index is 5.84. The summed E-state index contributed by atoms with van der Waals surface area (Å²) in [4.78, 5) is 0. The first-order chi connectivity index (χ1) is 9.26. The molecular weight excluding hydrogens is 260 g/mol.